The van der Waals surface area contributed by atoms with E-state index >= 15 is 0 Å². The number of aliphatic hydroxyl groups excluding tert-OH is 1. The first kappa shape index (κ1) is 14.1. The van der Waals surface area contributed by atoms with Crippen LogP contribution in [0.5, 0.6) is 0 Å². The minimum atomic E-state index is -0.807. The zero-order valence-electron chi connectivity index (χ0n) is 10.6. The van der Waals surface area contributed by atoms with E-state index in [0.29, 0.717) is 24.8 Å². The van der Waals surface area contributed by atoms with Gasteiger partial charge in [0, 0.05) is 0 Å². The molecule has 1 N–H and O–H groups in total. The molecule has 96 valence electrons. The molecule has 0 aliphatic rings. The SMILES string of the molecule is CC(C)(C)C(O)CCCc1cccc(F)c1F. The maximum Gasteiger partial charge on any atom is 0.162 e. The van der Waals surface area contributed by atoms with Gasteiger partial charge in [0.1, 0.15) is 0 Å². The van der Waals surface area contributed by atoms with Crippen molar-refractivity contribution in [1.29, 1.82) is 0 Å². The summed E-state index contributed by atoms with van der Waals surface area (Å²) in [4.78, 5) is 0. The van der Waals surface area contributed by atoms with Gasteiger partial charge in [0.05, 0.1) is 6.10 Å². The highest BCUT2D eigenvalue weighted by Gasteiger charge is 2.21. The van der Waals surface area contributed by atoms with E-state index in [4.69, 9.17) is 0 Å². The van der Waals surface area contributed by atoms with Crippen molar-refractivity contribution >= 4 is 0 Å². The second kappa shape index (κ2) is 5.58. The van der Waals surface area contributed by atoms with Crippen molar-refractivity contribution in [1.82, 2.24) is 0 Å². The Morgan fingerprint density at radius 2 is 1.88 bits per heavy atom. The lowest BCUT2D eigenvalue weighted by Gasteiger charge is -2.25. The normalized spacial score (nSPS) is 13.8. The van der Waals surface area contributed by atoms with E-state index in [1.807, 2.05) is 20.8 Å². The summed E-state index contributed by atoms with van der Waals surface area (Å²) in [7, 11) is 0. The fraction of sp³-hybridized carbons (Fsp3) is 0.571. The molecule has 0 heterocycles. The average Bonchev–Trinajstić information content (AvgIpc) is 2.22. The summed E-state index contributed by atoms with van der Waals surface area (Å²) < 4.78 is 26.3. The number of aliphatic hydroxyl groups is 1. The summed E-state index contributed by atoms with van der Waals surface area (Å²) in [6.45, 7) is 5.88. The fourth-order valence-corrected chi connectivity index (χ4v) is 1.66. The van der Waals surface area contributed by atoms with Gasteiger partial charge >= 0.3 is 0 Å². The molecule has 0 fully saturated rings. The van der Waals surface area contributed by atoms with Crippen molar-refractivity contribution in [2.75, 3.05) is 0 Å². The third kappa shape index (κ3) is 4.08. The Bertz CT molecular complexity index is 369. The second-order valence-corrected chi connectivity index (χ2v) is 5.49. The average molecular weight is 242 g/mol. The van der Waals surface area contributed by atoms with Gasteiger partial charge in [-0.05, 0) is 36.3 Å². The summed E-state index contributed by atoms with van der Waals surface area (Å²) in [5.74, 6) is -1.57. The van der Waals surface area contributed by atoms with Gasteiger partial charge in [-0.3, -0.25) is 0 Å². The molecular formula is C14H20F2O. The molecular weight excluding hydrogens is 222 g/mol. The minimum absolute atomic E-state index is 0.166. The third-order valence-electron chi connectivity index (χ3n) is 2.95. The molecule has 1 rings (SSSR count). The number of aryl methyl sites for hydroxylation is 1. The number of halogens is 2. The van der Waals surface area contributed by atoms with E-state index in [1.165, 1.54) is 6.07 Å². The molecule has 1 unspecified atom stereocenters. The standard InChI is InChI=1S/C14H20F2O/c1-14(2,3)12(17)9-5-7-10-6-4-8-11(15)13(10)16/h4,6,8,12,17H,5,7,9H2,1-3H3. The summed E-state index contributed by atoms with van der Waals surface area (Å²) in [6, 6.07) is 4.21. The Kier molecular flexibility index (Phi) is 4.63. The monoisotopic (exact) mass is 242 g/mol. The minimum Gasteiger partial charge on any atom is -0.393 e. The zero-order chi connectivity index (χ0) is 13.1. The summed E-state index contributed by atoms with van der Waals surface area (Å²) in [6.07, 6.45) is 1.29. The zero-order valence-corrected chi connectivity index (χ0v) is 10.6. The first-order chi connectivity index (χ1) is 7.82. The van der Waals surface area contributed by atoms with E-state index in [9.17, 15) is 13.9 Å². The van der Waals surface area contributed by atoms with Crippen molar-refractivity contribution in [2.24, 2.45) is 5.41 Å². The molecule has 0 saturated heterocycles. The van der Waals surface area contributed by atoms with Gasteiger partial charge in [0.2, 0.25) is 0 Å². The quantitative estimate of drug-likeness (QED) is 0.853. The maximum atomic E-state index is 13.3. The van der Waals surface area contributed by atoms with Crippen LogP contribution in [0.3, 0.4) is 0 Å². The lowest BCUT2D eigenvalue weighted by Crippen LogP contribution is -2.25. The van der Waals surface area contributed by atoms with Crippen molar-refractivity contribution in [3.05, 3.63) is 35.4 Å². The van der Waals surface area contributed by atoms with Crippen LogP contribution in [-0.4, -0.2) is 11.2 Å². The highest BCUT2D eigenvalue weighted by atomic mass is 19.2. The summed E-state index contributed by atoms with van der Waals surface area (Å²) in [5.41, 5.74) is 0.214. The molecule has 0 aliphatic heterocycles. The smallest absolute Gasteiger partial charge is 0.162 e. The van der Waals surface area contributed by atoms with Crippen LogP contribution in [0.1, 0.15) is 39.2 Å². The van der Waals surface area contributed by atoms with Gasteiger partial charge < -0.3 is 5.11 Å². The molecule has 0 radical (unpaired) electrons. The molecule has 0 bridgehead atoms. The molecule has 1 atom stereocenters. The molecule has 0 spiro atoms. The van der Waals surface area contributed by atoms with Crippen LogP contribution in [0.4, 0.5) is 8.78 Å². The topological polar surface area (TPSA) is 20.2 Å². The predicted octanol–water partition coefficient (Wildman–Crippen LogP) is 3.69. The van der Waals surface area contributed by atoms with Crippen molar-refractivity contribution < 1.29 is 13.9 Å². The Morgan fingerprint density at radius 3 is 2.47 bits per heavy atom. The first-order valence-electron chi connectivity index (χ1n) is 5.93. The van der Waals surface area contributed by atoms with Gasteiger partial charge in [-0.1, -0.05) is 32.9 Å². The van der Waals surface area contributed by atoms with Gasteiger partial charge in [-0.25, -0.2) is 8.78 Å². The number of hydrogen-bond donors (Lipinski definition) is 1. The Hall–Kier alpha value is -0.960. The fourth-order valence-electron chi connectivity index (χ4n) is 1.66. The van der Waals surface area contributed by atoms with Crippen LogP contribution in [0, 0.1) is 17.0 Å². The number of benzene rings is 1. The van der Waals surface area contributed by atoms with Crippen LogP contribution < -0.4 is 0 Å². The van der Waals surface area contributed by atoms with Gasteiger partial charge in [-0.2, -0.15) is 0 Å². The molecule has 0 amide bonds. The molecule has 1 nitrogen and oxygen atoms in total. The van der Waals surface area contributed by atoms with Gasteiger partial charge in [0.25, 0.3) is 0 Å². The summed E-state index contributed by atoms with van der Waals surface area (Å²) in [5, 5.41) is 9.82. The van der Waals surface area contributed by atoms with Gasteiger partial charge in [-0.15, -0.1) is 0 Å². The van der Waals surface area contributed by atoms with Crippen LogP contribution in [-0.2, 0) is 6.42 Å². The largest absolute Gasteiger partial charge is 0.393 e. The first-order valence-corrected chi connectivity index (χ1v) is 5.93. The van der Waals surface area contributed by atoms with Crippen molar-refractivity contribution in [2.45, 2.75) is 46.1 Å². The Morgan fingerprint density at radius 1 is 1.24 bits per heavy atom. The van der Waals surface area contributed by atoms with Gasteiger partial charge in [0.15, 0.2) is 11.6 Å². The summed E-state index contributed by atoms with van der Waals surface area (Å²) >= 11 is 0. The molecule has 0 aromatic heterocycles. The van der Waals surface area contributed by atoms with Crippen molar-refractivity contribution in [3.63, 3.8) is 0 Å². The molecule has 0 saturated carbocycles. The Balaban J connectivity index is 2.49. The maximum absolute atomic E-state index is 13.3. The third-order valence-corrected chi connectivity index (χ3v) is 2.95. The molecule has 3 heteroatoms. The van der Waals surface area contributed by atoms with Crippen LogP contribution >= 0.6 is 0 Å². The lowest BCUT2D eigenvalue weighted by molar-refractivity contribution is 0.0540. The van der Waals surface area contributed by atoms with Crippen LogP contribution in [0.15, 0.2) is 18.2 Å². The van der Waals surface area contributed by atoms with Crippen molar-refractivity contribution in [3.8, 4) is 0 Å². The van der Waals surface area contributed by atoms with E-state index < -0.39 is 17.7 Å². The molecule has 0 aliphatic carbocycles. The molecule has 17 heavy (non-hydrogen) atoms. The number of hydrogen-bond acceptors (Lipinski definition) is 1. The highest BCUT2D eigenvalue weighted by Crippen LogP contribution is 2.23. The highest BCUT2D eigenvalue weighted by molar-refractivity contribution is 5.18. The molecule has 1 aromatic rings. The van der Waals surface area contributed by atoms with Crippen LogP contribution in [0.2, 0.25) is 0 Å². The van der Waals surface area contributed by atoms with E-state index in [0.717, 1.165) is 6.07 Å². The van der Waals surface area contributed by atoms with Crippen LogP contribution in [0.25, 0.3) is 0 Å². The van der Waals surface area contributed by atoms with E-state index in [2.05, 4.69) is 0 Å². The lowest BCUT2D eigenvalue weighted by atomic mass is 9.86. The Labute approximate surface area is 101 Å². The molecule has 1 aromatic carbocycles. The predicted molar refractivity (Wildman–Crippen MR) is 64.8 cm³/mol. The van der Waals surface area contributed by atoms with E-state index in [1.54, 1.807) is 6.07 Å². The van der Waals surface area contributed by atoms with E-state index in [-0.39, 0.29) is 5.41 Å². The second-order valence-electron chi connectivity index (χ2n) is 5.49. The number of rotatable bonds is 4.